The summed E-state index contributed by atoms with van der Waals surface area (Å²) in [5, 5.41) is 11.1. The molecule has 0 saturated heterocycles. The molecule has 0 saturated carbocycles. The van der Waals surface area contributed by atoms with Crippen LogP contribution >= 0.6 is 15.9 Å². The molecule has 0 bridgehead atoms. The van der Waals surface area contributed by atoms with Gasteiger partial charge in [0.25, 0.3) is 10.0 Å². The first kappa shape index (κ1) is 18.6. The lowest BCUT2D eigenvalue weighted by molar-refractivity contribution is 0.103. The van der Waals surface area contributed by atoms with Gasteiger partial charge in [0, 0.05) is 10.0 Å². The minimum atomic E-state index is -3.78. The van der Waals surface area contributed by atoms with Crippen LogP contribution in [0.15, 0.2) is 88.2 Å². The monoisotopic (exact) mass is 431 g/mol. The van der Waals surface area contributed by atoms with Crippen molar-refractivity contribution < 1.29 is 13.5 Å². The fraction of sp³-hybridized carbons (Fsp3) is 0.100. The van der Waals surface area contributed by atoms with Crippen molar-refractivity contribution in [2.24, 2.45) is 0 Å². The van der Waals surface area contributed by atoms with Crippen molar-refractivity contribution in [1.29, 1.82) is 0 Å². The molecule has 0 amide bonds. The summed E-state index contributed by atoms with van der Waals surface area (Å²) in [6.45, 7) is 1.65. The molecular weight excluding hydrogens is 414 g/mol. The fourth-order valence-corrected chi connectivity index (χ4v) is 4.08. The van der Waals surface area contributed by atoms with Gasteiger partial charge in [-0.3, -0.25) is 4.72 Å². The van der Waals surface area contributed by atoms with Gasteiger partial charge in [0.15, 0.2) is 0 Å². The smallest absolute Gasteiger partial charge is 0.261 e. The third-order valence-electron chi connectivity index (χ3n) is 4.16. The molecule has 0 aromatic heterocycles. The highest BCUT2D eigenvalue weighted by Gasteiger charge is 2.29. The molecule has 26 heavy (non-hydrogen) atoms. The first-order valence-electron chi connectivity index (χ1n) is 7.96. The van der Waals surface area contributed by atoms with E-state index in [-0.39, 0.29) is 4.90 Å². The highest BCUT2D eigenvalue weighted by atomic mass is 79.9. The number of benzene rings is 3. The van der Waals surface area contributed by atoms with Crippen LogP contribution in [0, 0.1) is 0 Å². The number of nitrogens with one attached hydrogen (secondary N) is 1. The number of para-hydroxylation sites is 1. The third kappa shape index (κ3) is 3.82. The van der Waals surface area contributed by atoms with E-state index in [1.54, 1.807) is 55.5 Å². The van der Waals surface area contributed by atoms with Gasteiger partial charge >= 0.3 is 0 Å². The van der Waals surface area contributed by atoms with Crippen molar-refractivity contribution in [3.63, 3.8) is 0 Å². The third-order valence-corrected chi connectivity index (χ3v) is 6.07. The van der Waals surface area contributed by atoms with Gasteiger partial charge in [-0.2, -0.15) is 0 Å². The van der Waals surface area contributed by atoms with E-state index in [2.05, 4.69) is 20.7 Å². The molecule has 1 unspecified atom stereocenters. The summed E-state index contributed by atoms with van der Waals surface area (Å²) in [5.74, 6) is 0. The van der Waals surface area contributed by atoms with Crippen molar-refractivity contribution in [2.45, 2.75) is 17.4 Å². The first-order chi connectivity index (χ1) is 12.3. The number of hydrogen-bond acceptors (Lipinski definition) is 3. The Morgan fingerprint density at radius 2 is 1.46 bits per heavy atom. The zero-order chi connectivity index (χ0) is 18.8. The number of hydrogen-bond donors (Lipinski definition) is 2. The van der Waals surface area contributed by atoms with E-state index in [0.29, 0.717) is 16.8 Å². The van der Waals surface area contributed by atoms with Crippen LogP contribution in [0.2, 0.25) is 0 Å². The van der Waals surface area contributed by atoms with Crippen molar-refractivity contribution in [1.82, 2.24) is 0 Å². The van der Waals surface area contributed by atoms with E-state index in [9.17, 15) is 13.5 Å². The Morgan fingerprint density at radius 1 is 0.885 bits per heavy atom. The summed E-state index contributed by atoms with van der Waals surface area (Å²) in [6.07, 6.45) is 0. The number of halogens is 1. The zero-order valence-electron chi connectivity index (χ0n) is 14.1. The largest absolute Gasteiger partial charge is 0.381 e. The van der Waals surface area contributed by atoms with Crippen LogP contribution in [0.4, 0.5) is 5.69 Å². The second-order valence-electron chi connectivity index (χ2n) is 6.04. The van der Waals surface area contributed by atoms with Crippen LogP contribution in [0.3, 0.4) is 0 Å². The molecule has 0 heterocycles. The average Bonchev–Trinajstić information content (AvgIpc) is 2.63. The molecule has 0 aliphatic rings. The maximum absolute atomic E-state index is 12.7. The molecule has 6 heteroatoms. The van der Waals surface area contributed by atoms with Crippen molar-refractivity contribution >= 4 is 31.6 Å². The summed E-state index contributed by atoms with van der Waals surface area (Å²) in [7, 11) is -3.78. The van der Waals surface area contributed by atoms with E-state index >= 15 is 0 Å². The number of aliphatic hydroxyl groups is 1. The number of rotatable bonds is 5. The summed E-state index contributed by atoms with van der Waals surface area (Å²) >= 11 is 3.29. The summed E-state index contributed by atoms with van der Waals surface area (Å²) in [4.78, 5) is 0.148. The van der Waals surface area contributed by atoms with Crippen LogP contribution in [-0.4, -0.2) is 13.5 Å². The summed E-state index contributed by atoms with van der Waals surface area (Å²) < 4.78 is 28.8. The number of sulfonamides is 1. The molecular formula is C20H18BrNO3S. The van der Waals surface area contributed by atoms with E-state index in [1.165, 1.54) is 12.1 Å². The van der Waals surface area contributed by atoms with Crippen LogP contribution in [0.1, 0.15) is 18.1 Å². The van der Waals surface area contributed by atoms with Gasteiger partial charge in [-0.25, -0.2) is 8.42 Å². The molecule has 0 aliphatic carbocycles. The minimum absolute atomic E-state index is 0.148. The predicted octanol–water partition coefficient (Wildman–Crippen LogP) is 4.51. The standard InChI is InChI=1S/C20H18BrNO3S/c1-20(23,15-7-3-2-4-8-15)18-9-5-6-10-19(18)22-26(24,25)17-13-11-16(21)12-14-17/h2-14,22-23H,1H3. The molecule has 0 radical (unpaired) electrons. The van der Waals surface area contributed by atoms with E-state index in [0.717, 1.165) is 4.47 Å². The molecule has 4 nitrogen and oxygen atoms in total. The van der Waals surface area contributed by atoms with Crippen molar-refractivity contribution in [3.05, 3.63) is 94.5 Å². The molecule has 3 aromatic rings. The Balaban J connectivity index is 2.01. The second kappa shape index (κ2) is 7.23. The lowest BCUT2D eigenvalue weighted by Crippen LogP contribution is -2.25. The molecule has 3 rings (SSSR count). The fourth-order valence-electron chi connectivity index (χ4n) is 2.73. The molecule has 1 atom stereocenters. The molecule has 0 fully saturated rings. The van der Waals surface area contributed by atoms with Gasteiger partial charge in [-0.05, 0) is 42.8 Å². The maximum Gasteiger partial charge on any atom is 0.261 e. The lowest BCUT2D eigenvalue weighted by atomic mass is 9.87. The molecule has 3 aromatic carbocycles. The predicted molar refractivity (Wildman–Crippen MR) is 107 cm³/mol. The SMILES string of the molecule is CC(O)(c1ccccc1)c1ccccc1NS(=O)(=O)c1ccc(Br)cc1. The summed E-state index contributed by atoms with van der Waals surface area (Å²) in [5.41, 5.74) is 0.145. The Kier molecular flexibility index (Phi) is 5.18. The van der Waals surface area contributed by atoms with E-state index in [4.69, 9.17) is 0 Å². The van der Waals surface area contributed by atoms with Crippen LogP contribution in [0.25, 0.3) is 0 Å². The van der Waals surface area contributed by atoms with Crippen molar-refractivity contribution in [2.75, 3.05) is 4.72 Å². The maximum atomic E-state index is 12.7. The molecule has 0 spiro atoms. The average molecular weight is 432 g/mol. The van der Waals surface area contributed by atoms with Gasteiger partial charge < -0.3 is 5.11 Å². The Bertz CT molecular complexity index is 1000. The zero-order valence-corrected chi connectivity index (χ0v) is 16.5. The van der Waals surface area contributed by atoms with Gasteiger partial charge in [0.1, 0.15) is 5.60 Å². The van der Waals surface area contributed by atoms with Crippen LogP contribution < -0.4 is 4.72 Å². The van der Waals surface area contributed by atoms with Crippen LogP contribution in [0.5, 0.6) is 0 Å². The topological polar surface area (TPSA) is 66.4 Å². The molecule has 2 N–H and O–H groups in total. The van der Waals surface area contributed by atoms with Gasteiger partial charge in [0.2, 0.25) is 0 Å². The highest BCUT2D eigenvalue weighted by molar-refractivity contribution is 9.10. The Hall–Kier alpha value is -2.15. The van der Waals surface area contributed by atoms with Crippen LogP contribution in [-0.2, 0) is 15.6 Å². The van der Waals surface area contributed by atoms with Crippen molar-refractivity contribution in [3.8, 4) is 0 Å². The van der Waals surface area contributed by atoms with E-state index < -0.39 is 15.6 Å². The van der Waals surface area contributed by atoms with Gasteiger partial charge in [-0.1, -0.05) is 64.5 Å². The van der Waals surface area contributed by atoms with E-state index in [1.807, 2.05) is 18.2 Å². The minimum Gasteiger partial charge on any atom is -0.381 e. The Morgan fingerprint density at radius 3 is 2.12 bits per heavy atom. The molecule has 134 valence electrons. The Labute approximate surface area is 161 Å². The lowest BCUT2D eigenvalue weighted by Gasteiger charge is -2.27. The first-order valence-corrected chi connectivity index (χ1v) is 10.2. The summed E-state index contributed by atoms with van der Waals surface area (Å²) in [6, 6.07) is 22.4. The van der Waals surface area contributed by atoms with Gasteiger partial charge in [0.05, 0.1) is 10.6 Å². The second-order valence-corrected chi connectivity index (χ2v) is 8.64. The highest BCUT2D eigenvalue weighted by Crippen LogP contribution is 2.34. The number of anilines is 1. The van der Waals surface area contributed by atoms with Gasteiger partial charge in [-0.15, -0.1) is 0 Å². The molecule has 0 aliphatic heterocycles. The normalized spacial score (nSPS) is 13.8. The quantitative estimate of drug-likeness (QED) is 0.624.